The molecule has 0 spiro atoms. The van der Waals surface area contributed by atoms with Crippen molar-refractivity contribution in [1.82, 2.24) is 4.90 Å². The van der Waals surface area contributed by atoms with Crippen molar-refractivity contribution in [1.29, 1.82) is 0 Å². The van der Waals surface area contributed by atoms with Crippen LogP contribution in [0.15, 0.2) is 17.5 Å². The van der Waals surface area contributed by atoms with E-state index >= 15 is 0 Å². The highest BCUT2D eigenvalue weighted by molar-refractivity contribution is 7.09. The van der Waals surface area contributed by atoms with E-state index in [9.17, 15) is 0 Å². The average Bonchev–Trinajstić information content (AvgIpc) is 2.89. The summed E-state index contributed by atoms with van der Waals surface area (Å²) < 4.78 is 0. The molecular formula is C14H22N2S. The molecular weight excluding hydrogens is 228 g/mol. The lowest BCUT2D eigenvalue weighted by molar-refractivity contribution is 0.215. The quantitative estimate of drug-likeness (QED) is 0.870. The van der Waals surface area contributed by atoms with Gasteiger partial charge < -0.3 is 5.73 Å². The van der Waals surface area contributed by atoms with E-state index in [1.54, 1.807) is 0 Å². The molecule has 0 amide bonds. The van der Waals surface area contributed by atoms with E-state index in [0.717, 1.165) is 18.5 Å². The van der Waals surface area contributed by atoms with E-state index < -0.39 is 0 Å². The van der Waals surface area contributed by atoms with Gasteiger partial charge in [0.25, 0.3) is 0 Å². The van der Waals surface area contributed by atoms with Crippen molar-refractivity contribution < 1.29 is 0 Å². The largest absolute Gasteiger partial charge is 0.328 e. The Morgan fingerprint density at radius 1 is 1.29 bits per heavy atom. The van der Waals surface area contributed by atoms with Crippen LogP contribution in [0.4, 0.5) is 0 Å². The number of nitrogens with zero attached hydrogens (tertiary/aromatic N) is 1. The van der Waals surface area contributed by atoms with Gasteiger partial charge in [0.1, 0.15) is 0 Å². The average molecular weight is 250 g/mol. The van der Waals surface area contributed by atoms with Crippen molar-refractivity contribution in [3.05, 3.63) is 22.4 Å². The predicted octanol–water partition coefficient (Wildman–Crippen LogP) is 2.84. The lowest BCUT2D eigenvalue weighted by Crippen LogP contribution is -2.30. The van der Waals surface area contributed by atoms with Crippen LogP contribution in [0, 0.1) is 5.92 Å². The molecule has 3 rings (SSSR count). The molecule has 1 aromatic rings. The topological polar surface area (TPSA) is 29.3 Å². The maximum atomic E-state index is 6.01. The smallest absolute Gasteiger partial charge is 0.0330 e. The summed E-state index contributed by atoms with van der Waals surface area (Å²) in [5.74, 6) is 0.852. The van der Waals surface area contributed by atoms with E-state index in [1.165, 1.54) is 43.5 Å². The minimum Gasteiger partial charge on any atom is -0.328 e. The molecule has 1 heterocycles. The van der Waals surface area contributed by atoms with E-state index in [0.29, 0.717) is 6.04 Å². The first-order valence-corrected chi connectivity index (χ1v) is 7.71. The Hall–Kier alpha value is -0.380. The molecule has 17 heavy (non-hydrogen) atoms. The summed E-state index contributed by atoms with van der Waals surface area (Å²) in [6.45, 7) is 2.43. The van der Waals surface area contributed by atoms with E-state index in [1.807, 2.05) is 11.3 Å². The second-order valence-electron chi connectivity index (χ2n) is 5.68. The third-order valence-electron chi connectivity index (χ3n) is 4.08. The Morgan fingerprint density at radius 2 is 2.18 bits per heavy atom. The molecule has 2 fully saturated rings. The summed E-state index contributed by atoms with van der Waals surface area (Å²) in [7, 11) is 0. The summed E-state index contributed by atoms with van der Waals surface area (Å²) in [6, 6.07) is 5.77. The molecule has 2 unspecified atom stereocenters. The second kappa shape index (κ2) is 5.09. The van der Waals surface area contributed by atoms with Gasteiger partial charge in [0, 0.05) is 30.1 Å². The van der Waals surface area contributed by atoms with Gasteiger partial charge in [0.2, 0.25) is 0 Å². The van der Waals surface area contributed by atoms with Crippen LogP contribution in [-0.2, 0) is 6.54 Å². The maximum Gasteiger partial charge on any atom is 0.0330 e. The zero-order valence-electron chi connectivity index (χ0n) is 10.3. The molecule has 0 aliphatic heterocycles. The Bertz CT molecular complexity index is 345. The number of rotatable bonds is 5. The van der Waals surface area contributed by atoms with Gasteiger partial charge in [-0.1, -0.05) is 6.07 Å². The first-order chi connectivity index (χ1) is 8.31. The molecule has 1 aromatic heterocycles. The zero-order chi connectivity index (χ0) is 11.7. The second-order valence-corrected chi connectivity index (χ2v) is 6.71. The summed E-state index contributed by atoms with van der Waals surface area (Å²) in [6.07, 6.45) is 6.64. The Labute approximate surface area is 108 Å². The van der Waals surface area contributed by atoms with Gasteiger partial charge in [-0.05, 0) is 49.5 Å². The third-order valence-corrected chi connectivity index (χ3v) is 4.94. The molecule has 2 saturated carbocycles. The van der Waals surface area contributed by atoms with Crippen LogP contribution in [-0.4, -0.2) is 23.5 Å². The lowest BCUT2D eigenvalue weighted by Gasteiger charge is -2.24. The summed E-state index contributed by atoms with van der Waals surface area (Å²) in [5, 5.41) is 2.19. The van der Waals surface area contributed by atoms with E-state index in [4.69, 9.17) is 5.73 Å². The number of hydrogen-bond donors (Lipinski definition) is 1. The molecule has 2 N–H and O–H groups in total. The lowest BCUT2D eigenvalue weighted by atomic mass is 10.1. The molecule has 2 aliphatic rings. The highest BCUT2D eigenvalue weighted by Crippen LogP contribution is 2.33. The van der Waals surface area contributed by atoms with Crippen LogP contribution < -0.4 is 5.73 Å². The van der Waals surface area contributed by atoms with Gasteiger partial charge in [0.15, 0.2) is 0 Å². The minimum atomic E-state index is 0.475. The van der Waals surface area contributed by atoms with Gasteiger partial charge in [-0.15, -0.1) is 11.3 Å². The molecule has 0 aromatic carbocycles. The van der Waals surface area contributed by atoms with Crippen molar-refractivity contribution >= 4 is 11.3 Å². The highest BCUT2D eigenvalue weighted by atomic mass is 32.1. The van der Waals surface area contributed by atoms with Gasteiger partial charge >= 0.3 is 0 Å². The molecule has 94 valence electrons. The fraction of sp³-hybridized carbons (Fsp3) is 0.714. The SMILES string of the molecule is NC1CCC(CN(Cc2cccs2)C2CC2)C1. The van der Waals surface area contributed by atoms with Crippen LogP contribution in [0.1, 0.15) is 37.0 Å². The monoisotopic (exact) mass is 250 g/mol. The van der Waals surface area contributed by atoms with Gasteiger partial charge in [-0.2, -0.15) is 0 Å². The summed E-state index contributed by atoms with van der Waals surface area (Å²) >= 11 is 1.89. The zero-order valence-corrected chi connectivity index (χ0v) is 11.2. The Kier molecular flexibility index (Phi) is 3.50. The van der Waals surface area contributed by atoms with Gasteiger partial charge in [0.05, 0.1) is 0 Å². The molecule has 0 saturated heterocycles. The number of thiophene rings is 1. The van der Waals surface area contributed by atoms with Crippen LogP contribution >= 0.6 is 11.3 Å². The Balaban J connectivity index is 1.56. The normalized spacial score (nSPS) is 29.1. The standard InChI is InChI=1S/C14H22N2S/c15-12-4-3-11(8-12)9-16(13-5-6-13)10-14-2-1-7-17-14/h1-2,7,11-13H,3-6,8-10,15H2. The molecule has 3 heteroatoms. The molecule has 2 nitrogen and oxygen atoms in total. The van der Waals surface area contributed by atoms with Crippen molar-refractivity contribution in [2.24, 2.45) is 11.7 Å². The van der Waals surface area contributed by atoms with Crippen LogP contribution in [0.2, 0.25) is 0 Å². The van der Waals surface area contributed by atoms with Crippen molar-refractivity contribution in [3.8, 4) is 0 Å². The Morgan fingerprint density at radius 3 is 2.76 bits per heavy atom. The van der Waals surface area contributed by atoms with Crippen LogP contribution in [0.3, 0.4) is 0 Å². The van der Waals surface area contributed by atoms with Crippen molar-refractivity contribution in [3.63, 3.8) is 0 Å². The van der Waals surface area contributed by atoms with E-state index in [-0.39, 0.29) is 0 Å². The highest BCUT2D eigenvalue weighted by Gasteiger charge is 2.32. The summed E-state index contributed by atoms with van der Waals surface area (Å²) in [4.78, 5) is 4.22. The number of nitrogens with two attached hydrogens (primary N) is 1. The first-order valence-electron chi connectivity index (χ1n) is 6.83. The third kappa shape index (κ3) is 3.09. The van der Waals surface area contributed by atoms with E-state index in [2.05, 4.69) is 22.4 Å². The van der Waals surface area contributed by atoms with Crippen molar-refractivity contribution in [2.45, 2.75) is 50.7 Å². The fourth-order valence-corrected chi connectivity index (χ4v) is 3.73. The predicted molar refractivity (Wildman–Crippen MR) is 73.1 cm³/mol. The van der Waals surface area contributed by atoms with Crippen LogP contribution in [0.5, 0.6) is 0 Å². The number of hydrogen-bond acceptors (Lipinski definition) is 3. The van der Waals surface area contributed by atoms with Gasteiger partial charge in [-0.3, -0.25) is 4.90 Å². The molecule has 0 bridgehead atoms. The minimum absolute atomic E-state index is 0.475. The van der Waals surface area contributed by atoms with Gasteiger partial charge in [-0.25, -0.2) is 0 Å². The maximum absolute atomic E-state index is 6.01. The fourth-order valence-electron chi connectivity index (χ4n) is 3.00. The molecule has 2 aliphatic carbocycles. The first kappa shape index (κ1) is 11.7. The van der Waals surface area contributed by atoms with Crippen LogP contribution in [0.25, 0.3) is 0 Å². The van der Waals surface area contributed by atoms with Crippen molar-refractivity contribution in [2.75, 3.05) is 6.54 Å². The summed E-state index contributed by atoms with van der Waals surface area (Å²) in [5.41, 5.74) is 6.01. The molecule has 2 atom stereocenters. The molecule has 0 radical (unpaired) electrons.